The van der Waals surface area contributed by atoms with Crippen LogP contribution >= 0.6 is 11.8 Å². The fourth-order valence-corrected chi connectivity index (χ4v) is 4.70. The molecule has 0 saturated heterocycles. The van der Waals surface area contributed by atoms with Gasteiger partial charge in [0.15, 0.2) is 4.90 Å². The highest BCUT2D eigenvalue weighted by Gasteiger charge is 2.12. The van der Waals surface area contributed by atoms with Gasteiger partial charge in [0.1, 0.15) is 0 Å². The fraction of sp³-hybridized carbons (Fsp3) is 0.0769. The van der Waals surface area contributed by atoms with E-state index in [0.29, 0.717) is 0 Å². The third-order valence-corrected chi connectivity index (χ3v) is 7.28. The summed E-state index contributed by atoms with van der Waals surface area (Å²) in [5, 5.41) is 0. The molecule has 0 spiro atoms. The van der Waals surface area contributed by atoms with Crippen LogP contribution in [0.5, 0.6) is 0 Å². The SMILES string of the molecule is CS(=S)[S+]([O-])c1ccc(Sc2ccccc2)cc1. The summed E-state index contributed by atoms with van der Waals surface area (Å²) in [5.41, 5.74) is 0. The molecule has 0 aromatic heterocycles. The van der Waals surface area contributed by atoms with E-state index in [1.54, 1.807) is 11.8 Å². The minimum Gasteiger partial charge on any atom is -0.600 e. The molecule has 18 heavy (non-hydrogen) atoms. The summed E-state index contributed by atoms with van der Waals surface area (Å²) in [5.74, 6) is 0. The second kappa shape index (κ2) is 6.73. The van der Waals surface area contributed by atoms with E-state index in [0.717, 1.165) is 9.79 Å². The lowest BCUT2D eigenvalue weighted by Crippen LogP contribution is -2.05. The first kappa shape index (κ1) is 14.1. The average molecular weight is 313 g/mol. The van der Waals surface area contributed by atoms with Crippen molar-refractivity contribution in [1.29, 1.82) is 0 Å². The summed E-state index contributed by atoms with van der Waals surface area (Å²) in [6.45, 7) is 0. The summed E-state index contributed by atoms with van der Waals surface area (Å²) < 4.78 is 11.8. The Hall–Kier alpha value is -0.330. The second-order valence-electron chi connectivity index (χ2n) is 3.52. The van der Waals surface area contributed by atoms with Crippen LogP contribution in [0.25, 0.3) is 0 Å². The van der Waals surface area contributed by atoms with Crippen molar-refractivity contribution >= 4 is 41.6 Å². The smallest absolute Gasteiger partial charge is 0.166 e. The molecule has 2 rings (SSSR count). The van der Waals surface area contributed by atoms with Gasteiger partial charge in [0, 0.05) is 27.2 Å². The first-order valence-electron chi connectivity index (χ1n) is 5.25. The summed E-state index contributed by atoms with van der Waals surface area (Å²) in [6.07, 6.45) is 1.82. The highest BCUT2D eigenvalue weighted by molar-refractivity contribution is 8.78. The Labute approximate surface area is 121 Å². The molecule has 0 bridgehead atoms. The maximum absolute atomic E-state index is 11.8. The van der Waals surface area contributed by atoms with E-state index in [2.05, 4.69) is 12.1 Å². The lowest BCUT2D eigenvalue weighted by molar-refractivity contribution is 0.609. The van der Waals surface area contributed by atoms with Gasteiger partial charge in [-0.2, -0.15) is 0 Å². The van der Waals surface area contributed by atoms with Crippen LogP contribution in [0, 0.1) is 0 Å². The molecule has 0 aliphatic carbocycles. The van der Waals surface area contributed by atoms with Crippen molar-refractivity contribution in [1.82, 2.24) is 0 Å². The van der Waals surface area contributed by atoms with Crippen molar-refractivity contribution in [3.63, 3.8) is 0 Å². The molecular weight excluding hydrogens is 300 g/mol. The normalized spacial score (nSPS) is 14.1. The molecular formula is C13H12OS4. The standard InChI is InChI=1S/C13H12OS4/c1-17(15)18(14)13-9-7-12(8-10-13)16-11-5-3-2-4-6-11/h2-10H,1H3. The Kier molecular flexibility index (Phi) is 5.26. The molecule has 0 amide bonds. The van der Waals surface area contributed by atoms with Gasteiger partial charge in [0.25, 0.3) is 0 Å². The molecule has 0 fully saturated rings. The zero-order valence-electron chi connectivity index (χ0n) is 9.74. The van der Waals surface area contributed by atoms with E-state index < -0.39 is 18.7 Å². The quantitative estimate of drug-likeness (QED) is 0.637. The molecule has 0 aliphatic rings. The van der Waals surface area contributed by atoms with Crippen molar-refractivity contribution in [2.75, 3.05) is 6.26 Å². The zero-order valence-corrected chi connectivity index (χ0v) is 13.0. The topological polar surface area (TPSA) is 23.1 Å². The summed E-state index contributed by atoms with van der Waals surface area (Å²) in [4.78, 5) is 3.15. The van der Waals surface area contributed by atoms with Crippen molar-refractivity contribution in [2.45, 2.75) is 14.7 Å². The van der Waals surface area contributed by atoms with Gasteiger partial charge >= 0.3 is 0 Å². The van der Waals surface area contributed by atoms with Gasteiger partial charge < -0.3 is 4.55 Å². The first-order chi connectivity index (χ1) is 8.66. The molecule has 2 unspecified atom stereocenters. The predicted octanol–water partition coefficient (Wildman–Crippen LogP) is 3.57. The number of hydrogen-bond acceptors (Lipinski definition) is 3. The van der Waals surface area contributed by atoms with Crippen molar-refractivity contribution in [2.24, 2.45) is 0 Å². The van der Waals surface area contributed by atoms with Crippen molar-refractivity contribution in [3.8, 4) is 0 Å². The largest absolute Gasteiger partial charge is 0.600 e. The van der Waals surface area contributed by atoms with Gasteiger partial charge in [-0.15, -0.1) is 0 Å². The van der Waals surface area contributed by atoms with Crippen LogP contribution in [-0.2, 0) is 29.9 Å². The van der Waals surface area contributed by atoms with E-state index in [-0.39, 0.29) is 0 Å². The molecule has 5 heteroatoms. The number of hydrogen-bond donors (Lipinski definition) is 0. The maximum atomic E-state index is 11.8. The van der Waals surface area contributed by atoms with Crippen molar-refractivity contribution in [3.05, 3.63) is 54.6 Å². The predicted molar refractivity (Wildman–Crippen MR) is 84.1 cm³/mol. The van der Waals surface area contributed by atoms with Crippen LogP contribution in [0.3, 0.4) is 0 Å². The molecule has 0 heterocycles. The van der Waals surface area contributed by atoms with E-state index in [9.17, 15) is 4.55 Å². The molecule has 0 saturated carbocycles. The molecule has 2 aromatic carbocycles. The third-order valence-electron chi connectivity index (χ3n) is 2.21. The Bertz CT molecular complexity index is 524. The van der Waals surface area contributed by atoms with Crippen LogP contribution in [0.15, 0.2) is 69.3 Å². The highest BCUT2D eigenvalue weighted by atomic mass is 33.4. The number of rotatable bonds is 4. The molecule has 0 N–H and O–H groups in total. The first-order valence-corrected chi connectivity index (χ1v) is 10.3. The Balaban J connectivity index is 2.11. The maximum Gasteiger partial charge on any atom is 0.166 e. The van der Waals surface area contributed by atoms with Crippen LogP contribution < -0.4 is 0 Å². The second-order valence-corrected chi connectivity index (χ2v) is 11.0. The Morgan fingerprint density at radius 3 is 2.11 bits per heavy atom. The minimum atomic E-state index is -1.06. The lowest BCUT2D eigenvalue weighted by atomic mass is 10.4. The Morgan fingerprint density at radius 1 is 1.00 bits per heavy atom. The van der Waals surface area contributed by atoms with Gasteiger partial charge in [-0.3, -0.25) is 0 Å². The van der Waals surface area contributed by atoms with Gasteiger partial charge in [0.2, 0.25) is 0 Å². The van der Waals surface area contributed by atoms with Crippen LogP contribution in [0.4, 0.5) is 0 Å². The van der Waals surface area contributed by atoms with Gasteiger partial charge in [-0.25, -0.2) is 0 Å². The van der Waals surface area contributed by atoms with Gasteiger partial charge in [-0.05, 0) is 36.4 Å². The average Bonchev–Trinajstić information content (AvgIpc) is 2.40. The third kappa shape index (κ3) is 3.83. The minimum absolute atomic E-state index is 0.507. The van der Waals surface area contributed by atoms with Crippen LogP contribution in [-0.4, -0.2) is 10.8 Å². The summed E-state index contributed by atoms with van der Waals surface area (Å²) in [7, 11) is -1.56. The lowest BCUT2D eigenvalue weighted by Gasteiger charge is -2.08. The Morgan fingerprint density at radius 2 is 1.56 bits per heavy atom. The summed E-state index contributed by atoms with van der Waals surface area (Å²) >= 11 is 6.74. The van der Waals surface area contributed by atoms with Crippen LogP contribution in [0.1, 0.15) is 0 Å². The van der Waals surface area contributed by atoms with Gasteiger partial charge in [0.05, 0.1) is 18.7 Å². The fourth-order valence-electron chi connectivity index (χ4n) is 1.38. The van der Waals surface area contributed by atoms with E-state index >= 15 is 0 Å². The molecule has 2 aromatic rings. The van der Waals surface area contributed by atoms with Crippen LogP contribution in [0.2, 0.25) is 0 Å². The van der Waals surface area contributed by atoms with Gasteiger partial charge in [-0.1, -0.05) is 30.0 Å². The van der Waals surface area contributed by atoms with Crippen molar-refractivity contribution < 1.29 is 4.55 Å². The summed E-state index contributed by atoms with van der Waals surface area (Å²) in [6, 6.07) is 18.0. The molecule has 1 nitrogen and oxygen atoms in total. The molecule has 0 radical (unpaired) electrons. The van der Waals surface area contributed by atoms with E-state index in [1.807, 2.05) is 48.7 Å². The van der Waals surface area contributed by atoms with E-state index in [4.69, 9.17) is 11.2 Å². The molecule has 94 valence electrons. The van der Waals surface area contributed by atoms with E-state index in [1.165, 1.54) is 4.90 Å². The zero-order chi connectivity index (χ0) is 13.0. The number of benzene rings is 2. The molecule has 2 atom stereocenters. The molecule has 0 aliphatic heterocycles. The monoisotopic (exact) mass is 312 g/mol. The highest BCUT2D eigenvalue weighted by Crippen LogP contribution is 2.28.